The van der Waals surface area contributed by atoms with E-state index in [0.717, 1.165) is 29.5 Å². The lowest BCUT2D eigenvalue weighted by Crippen LogP contribution is -2.41. The van der Waals surface area contributed by atoms with Crippen LogP contribution in [0.5, 0.6) is 0 Å². The first-order chi connectivity index (χ1) is 22.0. The molecule has 12 heteroatoms. The molecule has 0 amide bonds. The molecule has 10 nitrogen and oxygen atoms in total. The number of nitrogens with zero attached hydrogens (tertiary/aromatic N) is 6. The van der Waals surface area contributed by atoms with Crippen molar-refractivity contribution in [2.24, 2.45) is 11.8 Å². The van der Waals surface area contributed by atoms with Crippen LogP contribution in [-0.2, 0) is 11.3 Å². The molecule has 234 valence electrons. The topological polar surface area (TPSA) is 115 Å². The molecule has 1 aliphatic carbocycles. The minimum absolute atomic E-state index is 0.00908. The average Bonchev–Trinajstić information content (AvgIpc) is 3.67. The summed E-state index contributed by atoms with van der Waals surface area (Å²) in [5, 5.41) is 4.45. The first-order valence-corrected chi connectivity index (χ1v) is 16.8. The highest BCUT2D eigenvalue weighted by Crippen LogP contribution is 2.42. The van der Waals surface area contributed by atoms with Gasteiger partial charge in [-0.05, 0) is 52.2 Å². The third-order valence-electron chi connectivity index (χ3n) is 9.13. The number of hydrogen-bond acceptors (Lipinski definition) is 8. The minimum Gasteiger partial charge on any atom is -0.377 e. The second-order valence-corrected chi connectivity index (χ2v) is 13.3. The van der Waals surface area contributed by atoms with Crippen molar-refractivity contribution < 1.29 is 9.26 Å². The second-order valence-electron chi connectivity index (χ2n) is 12.0. The van der Waals surface area contributed by atoms with Crippen molar-refractivity contribution in [1.29, 1.82) is 0 Å². The second kappa shape index (κ2) is 13.1. The molecule has 1 N–H and O–H groups in total. The quantitative estimate of drug-likeness (QED) is 0.179. The van der Waals surface area contributed by atoms with Crippen molar-refractivity contribution in [3.63, 3.8) is 0 Å². The van der Waals surface area contributed by atoms with E-state index in [1.807, 2.05) is 12.1 Å². The number of morpholine rings is 1. The Bertz CT molecular complexity index is 1850. The van der Waals surface area contributed by atoms with Crippen molar-refractivity contribution in [1.82, 2.24) is 29.7 Å². The van der Waals surface area contributed by atoms with Gasteiger partial charge in [-0.15, -0.1) is 0 Å². The van der Waals surface area contributed by atoms with Crippen LogP contribution in [0.25, 0.3) is 33.8 Å². The molecule has 1 saturated carbocycles. The van der Waals surface area contributed by atoms with Crippen LogP contribution in [0.15, 0.2) is 62.6 Å². The molecular weight excluding hydrogens is 658 g/mol. The number of pyridine rings is 2. The van der Waals surface area contributed by atoms with Crippen LogP contribution in [0.3, 0.4) is 0 Å². The van der Waals surface area contributed by atoms with E-state index in [1.54, 1.807) is 12.4 Å². The molecule has 1 aromatic carbocycles. The van der Waals surface area contributed by atoms with Crippen LogP contribution < -0.4 is 10.7 Å². The molecule has 4 aromatic heterocycles. The summed E-state index contributed by atoms with van der Waals surface area (Å²) in [5.74, 6) is 1.73. The Morgan fingerprint density at radius 3 is 2.60 bits per heavy atom. The van der Waals surface area contributed by atoms with Gasteiger partial charge in [-0.2, -0.15) is 0 Å². The van der Waals surface area contributed by atoms with Crippen LogP contribution >= 0.6 is 27.5 Å². The lowest BCUT2D eigenvalue weighted by Gasteiger charge is -2.37. The van der Waals surface area contributed by atoms with E-state index < -0.39 is 5.76 Å². The number of fused-ring (bicyclic) bond motifs is 1. The first-order valence-electron chi connectivity index (χ1n) is 15.7. The molecule has 7 rings (SSSR count). The van der Waals surface area contributed by atoms with Crippen molar-refractivity contribution in [3.8, 4) is 22.8 Å². The van der Waals surface area contributed by atoms with Crippen LogP contribution in [0.1, 0.15) is 57.1 Å². The molecule has 1 aliphatic heterocycles. The SMILES string of the molecule is CCCC1CCC(Cn2c(N3CCOCC3c3ccccc3)nc3c(Br)c(-c4noc(=O)[nH]4)nc(-c4cncc(Cl)c4)c32)CC1. The summed E-state index contributed by atoms with van der Waals surface area (Å²) in [5.41, 5.74) is 4.59. The number of benzene rings is 1. The Labute approximate surface area is 274 Å². The Balaban J connectivity index is 1.44. The maximum Gasteiger partial charge on any atom is 0.439 e. The zero-order chi connectivity index (χ0) is 30.9. The number of hydrogen-bond donors (Lipinski definition) is 1. The summed E-state index contributed by atoms with van der Waals surface area (Å²) >= 11 is 10.3. The van der Waals surface area contributed by atoms with Crippen LogP contribution in [0.4, 0.5) is 5.95 Å². The number of ether oxygens (including phenoxy) is 1. The third-order valence-corrected chi connectivity index (χ3v) is 10.1. The van der Waals surface area contributed by atoms with E-state index in [1.165, 1.54) is 44.1 Å². The zero-order valence-electron chi connectivity index (χ0n) is 25.1. The van der Waals surface area contributed by atoms with E-state index >= 15 is 0 Å². The standard InChI is InChI=1S/C33H35BrClN7O3/c1-2-6-20-9-11-21(12-10-20)18-42-30-27(23-15-24(35)17-36-16-23)37-29(31-39-33(43)45-40-31)26(34)28(30)38-32(42)41-13-14-44-19-25(41)22-7-4-3-5-8-22/h3-5,7-8,15-17,20-21,25H,2,6,9-14,18-19H2,1H3,(H,39,40,43). The predicted octanol–water partition coefficient (Wildman–Crippen LogP) is 7.44. The molecule has 1 saturated heterocycles. The fraction of sp³-hybridized carbons (Fsp3) is 0.424. The molecule has 0 radical (unpaired) electrons. The summed E-state index contributed by atoms with van der Waals surface area (Å²) in [4.78, 5) is 31.8. The summed E-state index contributed by atoms with van der Waals surface area (Å²) in [6.45, 7) is 4.94. The van der Waals surface area contributed by atoms with E-state index in [-0.39, 0.29) is 11.9 Å². The zero-order valence-corrected chi connectivity index (χ0v) is 27.4. The molecule has 1 atom stereocenters. The van der Waals surface area contributed by atoms with E-state index in [9.17, 15) is 4.79 Å². The number of aromatic amines is 1. The summed E-state index contributed by atoms with van der Waals surface area (Å²) < 4.78 is 13.9. The van der Waals surface area contributed by atoms with Gasteiger partial charge in [0, 0.05) is 31.0 Å². The van der Waals surface area contributed by atoms with E-state index in [4.69, 9.17) is 30.8 Å². The molecule has 1 unspecified atom stereocenters. The molecule has 5 aromatic rings. The number of aromatic nitrogens is 6. The van der Waals surface area contributed by atoms with Gasteiger partial charge in [0.25, 0.3) is 0 Å². The van der Waals surface area contributed by atoms with Gasteiger partial charge in [-0.1, -0.05) is 79.7 Å². The van der Waals surface area contributed by atoms with Crippen LogP contribution in [-0.4, -0.2) is 49.4 Å². The molecular formula is C33H35BrClN7O3. The normalized spacial score (nSPS) is 20.6. The van der Waals surface area contributed by atoms with Gasteiger partial charge in [-0.3, -0.25) is 14.5 Å². The lowest BCUT2D eigenvalue weighted by atomic mass is 9.80. The number of H-pyrrole nitrogens is 1. The van der Waals surface area contributed by atoms with Crippen molar-refractivity contribution in [2.45, 2.75) is 58.0 Å². The van der Waals surface area contributed by atoms with E-state index in [0.29, 0.717) is 52.1 Å². The lowest BCUT2D eigenvalue weighted by molar-refractivity contribution is 0.0927. The van der Waals surface area contributed by atoms with Gasteiger partial charge in [0.2, 0.25) is 11.8 Å². The number of nitrogens with one attached hydrogen (secondary N) is 1. The highest BCUT2D eigenvalue weighted by atomic mass is 79.9. The molecule has 2 fully saturated rings. The maximum atomic E-state index is 12.0. The van der Waals surface area contributed by atoms with Crippen LogP contribution in [0, 0.1) is 11.8 Å². The Kier molecular flexibility index (Phi) is 8.74. The van der Waals surface area contributed by atoms with Gasteiger partial charge in [0.05, 0.1) is 40.0 Å². The number of halogens is 2. The summed E-state index contributed by atoms with van der Waals surface area (Å²) in [6.07, 6.45) is 10.8. The fourth-order valence-electron chi connectivity index (χ4n) is 6.95. The smallest absolute Gasteiger partial charge is 0.377 e. The Morgan fingerprint density at radius 2 is 1.87 bits per heavy atom. The molecule has 2 aliphatic rings. The number of rotatable bonds is 8. The maximum absolute atomic E-state index is 12.0. The number of imidazole rings is 1. The number of anilines is 1. The van der Waals surface area contributed by atoms with Gasteiger partial charge in [0.1, 0.15) is 11.2 Å². The molecule has 5 heterocycles. The first kappa shape index (κ1) is 30.1. The highest BCUT2D eigenvalue weighted by molar-refractivity contribution is 9.10. The van der Waals surface area contributed by atoms with Crippen LogP contribution in [0.2, 0.25) is 5.02 Å². The van der Waals surface area contributed by atoms with Crippen molar-refractivity contribution in [3.05, 3.63) is 74.4 Å². The monoisotopic (exact) mass is 691 g/mol. The highest BCUT2D eigenvalue weighted by Gasteiger charge is 2.33. The van der Waals surface area contributed by atoms with Gasteiger partial charge < -0.3 is 14.2 Å². The minimum atomic E-state index is -0.659. The summed E-state index contributed by atoms with van der Waals surface area (Å²) in [6, 6.07) is 12.3. The fourth-order valence-corrected chi connectivity index (χ4v) is 7.67. The van der Waals surface area contributed by atoms with Crippen molar-refractivity contribution >= 4 is 44.5 Å². The molecule has 45 heavy (non-hydrogen) atoms. The Hall–Kier alpha value is -3.54. The molecule has 0 spiro atoms. The third kappa shape index (κ3) is 6.05. The molecule has 0 bridgehead atoms. The largest absolute Gasteiger partial charge is 0.439 e. The van der Waals surface area contributed by atoms with Gasteiger partial charge >= 0.3 is 5.76 Å². The van der Waals surface area contributed by atoms with Gasteiger partial charge in [0.15, 0.2) is 0 Å². The van der Waals surface area contributed by atoms with Crippen molar-refractivity contribution in [2.75, 3.05) is 24.7 Å². The average molecular weight is 693 g/mol. The van der Waals surface area contributed by atoms with Gasteiger partial charge in [-0.25, -0.2) is 14.8 Å². The summed E-state index contributed by atoms with van der Waals surface area (Å²) in [7, 11) is 0. The Morgan fingerprint density at radius 1 is 1.07 bits per heavy atom. The predicted molar refractivity (Wildman–Crippen MR) is 177 cm³/mol. The van der Waals surface area contributed by atoms with E-state index in [2.05, 4.69) is 71.7 Å².